The van der Waals surface area contributed by atoms with Crippen molar-refractivity contribution >= 4 is 39.2 Å². The van der Waals surface area contributed by atoms with Gasteiger partial charge in [0.05, 0.1) is 4.90 Å². The number of nitrogens with zero attached hydrogens (tertiary/aromatic N) is 1. The molecule has 0 spiro atoms. The van der Waals surface area contributed by atoms with E-state index in [1.807, 2.05) is 71.6 Å². The normalized spacial score (nSPS) is 12.4. The fraction of sp³-hybridized carbons (Fsp3) is 0.0952. The van der Waals surface area contributed by atoms with Gasteiger partial charge in [-0.05, 0) is 80.9 Å². The number of pyridine rings is 1. The summed E-state index contributed by atoms with van der Waals surface area (Å²) >= 11 is 0. The number of aromatic nitrogens is 1. The molecule has 0 atom stereocenters. The van der Waals surface area contributed by atoms with E-state index in [1.165, 1.54) is 12.1 Å². The highest BCUT2D eigenvalue weighted by Gasteiger charge is 2.23. The van der Waals surface area contributed by atoms with E-state index in [-0.39, 0.29) is 70.9 Å². The van der Waals surface area contributed by atoms with Crippen LogP contribution in [0.25, 0.3) is 17.8 Å². The number of phenolic OH excluding ortho intramolecular Hbond substituents is 4. The molecule has 0 unspecified atom stereocenters. The molecule has 0 amide bonds. The van der Waals surface area contributed by atoms with Gasteiger partial charge in [-0.15, -0.1) is 12.6 Å². The summed E-state index contributed by atoms with van der Waals surface area (Å²) < 4.78 is 62.3. The maximum atomic E-state index is 12.4. The number of phenols is 4. The van der Waals surface area contributed by atoms with E-state index in [0.29, 0.717) is 39.7 Å². The average Bonchev–Trinajstić information content (AvgIpc) is 3.16. The molecule has 5 N–H and O–H groups in total. The number of rotatable bonds is 5. The second kappa shape index (κ2) is 16.4. The Balaban J connectivity index is 0.00000127. The maximum Gasteiger partial charge on any atom is 0.425 e. The molecular formula is C42H34NO11S2+. The summed E-state index contributed by atoms with van der Waals surface area (Å²) in [5.74, 6) is -0.606. The summed E-state index contributed by atoms with van der Waals surface area (Å²) in [4.78, 5) is 11.4. The van der Waals surface area contributed by atoms with Gasteiger partial charge in [-0.1, -0.05) is 48.6 Å². The third-order valence-electron chi connectivity index (χ3n) is 9.36. The molecule has 284 valence electrons. The fourth-order valence-corrected chi connectivity index (χ4v) is 7.27. The molecule has 1 aliphatic rings. The second-order valence-corrected chi connectivity index (χ2v) is 14.9. The Hall–Kier alpha value is -6.61. The van der Waals surface area contributed by atoms with E-state index in [1.54, 1.807) is 30.3 Å². The Morgan fingerprint density at radius 3 is 1.36 bits per heavy atom. The number of aromatic hydroxyl groups is 4. The largest absolute Gasteiger partial charge is 0.507 e. The van der Waals surface area contributed by atoms with Gasteiger partial charge in [0.25, 0.3) is 10.1 Å². The first-order valence-electron chi connectivity index (χ1n) is 17.0. The molecular weight excluding hydrogens is 759 g/mol. The summed E-state index contributed by atoms with van der Waals surface area (Å²) in [6, 6.07) is 27.8. The first kappa shape index (κ1) is 39.1. The van der Waals surface area contributed by atoms with Crippen molar-refractivity contribution in [2.24, 2.45) is 0 Å². The molecule has 0 radical (unpaired) electrons. The molecule has 1 aromatic heterocycles. The minimum atomic E-state index is -4.74. The molecule has 0 fully saturated rings. The van der Waals surface area contributed by atoms with Crippen LogP contribution in [0.3, 0.4) is 0 Å². The van der Waals surface area contributed by atoms with Crippen LogP contribution < -0.4 is 4.57 Å². The summed E-state index contributed by atoms with van der Waals surface area (Å²) in [5, 5.41) is 46.0. The van der Waals surface area contributed by atoms with Crippen molar-refractivity contribution < 1.29 is 55.4 Å². The first-order valence-corrected chi connectivity index (χ1v) is 19.4. The lowest BCUT2D eigenvalue weighted by Gasteiger charge is -2.18. The van der Waals surface area contributed by atoms with Gasteiger partial charge in [0.2, 0.25) is 5.69 Å². The van der Waals surface area contributed by atoms with Gasteiger partial charge in [-0.25, -0.2) is 0 Å². The van der Waals surface area contributed by atoms with Crippen LogP contribution >= 0.6 is 0 Å². The van der Waals surface area contributed by atoms with Crippen LogP contribution in [0.1, 0.15) is 66.0 Å². The van der Waals surface area contributed by atoms with E-state index in [4.69, 9.17) is 12.6 Å². The Kier molecular flexibility index (Phi) is 11.5. The van der Waals surface area contributed by atoms with Crippen LogP contribution in [-0.4, -0.2) is 52.3 Å². The zero-order valence-electron chi connectivity index (χ0n) is 29.4. The van der Waals surface area contributed by atoms with Crippen molar-refractivity contribution in [1.82, 2.24) is 0 Å². The summed E-state index contributed by atoms with van der Waals surface area (Å²) in [6.07, 6.45) is 8.13. The monoisotopic (exact) mass is 792 g/mol. The van der Waals surface area contributed by atoms with E-state index in [9.17, 15) is 38.2 Å². The molecule has 0 saturated heterocycles. The number of para-hydroxylation sites is 2. The van der Waals surface area contributed by atoms with Crippen LogP contribution in [-0.2, 0) is 46.4 Å². The van der Waals surface area contributed by atoms with Gasteiger partial charge in [0.1, 0.15) is 29.3 Å². The molecule has 14 heteroatoms. The highest BCUT2D eigenvalue weighted by molar-refractivity contribution is 7.85. The van der Waals surface area contributed by atoms with Crippen LogP contribution in [0.4, 0.5) is 0 Å². The molecule has 8 bridgehead atoms. The molecule has 1 aliphatic carbocycles. The second-order valence-electron chi connectivity index (χ2n) is 13.1. The van der Waals surface area contributed by atoms with Crippen molar-refractivity contribution in [3.05, 3.63) is 171 Å². The van der Waals surface area contributed by atoms with Crippen molar-refractivity contribution in [2.45, 2.75) is 30.6 Å². The van der Waals surface area contributed by atoms with Gasteiger partial charge in [0.15, 0.2) is 12.4 Å². The number of benzene rings is 5. The number of hydrogen-bond acceptors (Lipinski definition) is 10. The van der Waals surface area contributed by atoms with Gasteiger partial charge in [0, 0.05) is 66.6 Å². The first-order chi connectivity index (χ1) is 26.7. The third kappa shape index (κ3) is 9.01. The van der Waals surface area contributed by atoms with Crippen LogP contribution in [0.5, 0.6) is 23.0 Å². The van der Waals surface area contributed by atoms with Crippen LogP contribution in [0, 0.1) is 0 Å². The SMILES string of the molecule is O=Cc1cc2c(O)c(c1)Cc1cc(S(=O)(=O)O)cc(c1O)Cc1cc(/C=C/c3cc[n+](-c4ccccc4)cc3)cc(c1O)Cc1cccc(c1O)C2.O=S(=O)=O. The summed E-state index contributed by atoms with van der Waals surface area (Å²) in [6.45, 7) is 0. The van der Waals surface area contributed by atoms with Crippen molar-refractivity contribution in [3.8, 4) is 28.7 Å². The average molecular weight is 793 g/mol. The molecule has 1 heterocycles. The number of aldehydes is 1. The Labute approximate surface area is 323 Å². The van der Waals surface area contributed by atoms with Crippen LogP contribution in [0.15, 0.2) is 114 Å². The van der Waals surface area contributed by atoms with E-state index >= 15 is 0 Å². The smallest absolute Gasteiger partial charge is 0.425 e. The maximum absolute atomic E-state index is 12.4. The van der Waals surface area contributed by atoms with Crippen molar-refractivity contribution in [1.29, 1.82) is 0 Å². The Bertz CT molecular complexity index is 2730. The topological polar surface area (TPSA) is 207 Å². The standard InChI is InChI=1S/C42H33NO8S.O3S/c44-25-28-17-33-20-30-6-4-5-29(39(30)45)19-31-15-27(10-9-26-11-13-43(14-12-26)37-7-2-1-3-8-37)16-32(40(31)46)21-35-23-38(52(49,50)51)24-36(42(35)48)22-34(18-28)41(33)47;1-4(2)3/h1-18,23-25H,19-22H2,(H4,44,45,47,48,49,50,51);/p+1. The zero-order valence-corrected chi connectivity index (χ0v) is 31.0. The Morgan fingerprint density at radius 2 is 0.911 bits per heavy atom. The predicted octanol–water partition coefficient (Wildman–Crippen LogP) is 5.69. The Morgan fingerprint density at radius 1 is 0.518 bits per heavy atom. The molecule has 5 aromatic carbocycles. The lowest BCUT2D eigenvalue weighted by atomic mass is 9.90. The lowest BCUT2D eigenvalue weighted by molar-refractivity contribution is -0.595. The quantitative estimate of drug-likeness (QED) is 0.0813. The number of carbonyl (C=O) groups is 1. The van der Waals surface area contributed by atoms with Crippen LogP contribution in [0.2, 0.25) is 0 Å². The number of fused-ring (bicyclic) bond motifs is 8. The lowest BCUT2D eigenvalue weighted by Crippen LogP contribution is -2.28. The molecule has 7 rings (SSSR count). The minimum absolute atomic E-state index is 0.0226. The third-order valence-corrected chi connectivity index (χ3v) is 10.2. The fourth-order valence-electron chi connectivity index (χ4n) is 6.69. The highest BCUT2D eigenvalue weighted by Crippen LogP contribution is 2.39. The van der Waals surface area contributed by atoms with Gasteiger partial charge < -0.3 is 20.4 Å². The molecule has 6 aromatic rings. The molecule has 12 nitrogen and oxygen atoms in total. The molecule has 0 aliphatic heterocycles. The predicted molar refractivity (Wildman–Crippen MR) is 205 cm³/mol. The number of hydrogen-bond donors (Lipinski definition) is 5. The van der Waals surface area contributed by atoms with E-state index in [2.05, 4.69) is 0 Å². The van der Waals surface area contributed by atoms with E-state index in [0.717, 1.165) is 23.4 Å². The zero-order chi connectivity index (χ0) is 40.1. The van der Waals surface area contributed by atoms with Gasteiger partial charge in [-0.2, -0.15) is 13.0 Å². The van der Waals surface area contributed by atoms with Gasteiger partial charge >= 0.3 is 10.6 Å². The van der Waals surface area contributed by atoms with Crippen molar-refractivity contribution in [2.75, 3.05) is 0 Å². The van der Waals surface area contributed by atoms with Gasteiger partial charge in [-0.3, -0.25) is 9.35 Å². The number of carbonyl (C=O) groups excluding carboxylic acids is 1. The summed E-state index contributed by atoms with van der Waals surface area (Å²) in [5.41, 5.74) is 5.39. The van der Waals surface area contributed by atoms with E-state index < -0.39 is 25.6 Å². The minimum Gasteiger partial charge on any atom is -0.507 e. The summed E-state index contributed by atoms with van der Waals surface area (Å²) in [7, 11) is -7.85. The molecule has 56 heavy (non-hydrogen) atoms. The highest BCUT2D eigenvalue weighted by atomic mass is 32.2. The molecule has 0 saturated carbocycles. The van der Waals surface area contributed by atoms with Crippen molar-refractivity contribution in [3.63, 3.8) is 0 Å².